The first-order valence-corrected chi connectivity index (χ1v) is 10.3. The molecule has 1 atom stereocenters. The van der Waals surface area contributed by atoms with Crippen molar-refractivity contribution in [3.63, 3.8) is 0 Å². The lowest BCUT2D eigenvalue weighted by atomic mass is 10.1. The van der Waals surface area contributed by atoms with Gasteiger partial charge in [0.15, 0.2) is 5.65 Å². The maximum atomic E-state index is 13.2. The highest BCUT2D eigenvalue weighted by Gasteiger charge is 2.24. The molecule has 4 aromatic rings. The third kappa shape index (κ3) is 4.37. The van der Waals surface area contributed by atoms with Gasteiger partial charge in [0.1, 0.15) is 16.6 Å². The van der Waals surface area contributed by atoms with Gasteiger partial charge in [-0.1, -0.05) is 65.3 Å². The summed E-state index contributed by atoms with van der Waals surface area (Å²) in [6, 6.07) is 14.4. The number of anilines is 1. The molecule has 146 valence electrons. The van der Waals surface area contributed by atoms with Crippen molar-refractivity contribution < 1.29 is 4.79 Å². The number of halogens is 2. The normalized spacial score (nSPS) is 12.1. The number of rotatable bonds is 5. The molecule has 2 heterocycles. The van der Waals surface area contributed by atoms with Crippen LogP contribution in [-0.4, -0.2) is 25.7 Å². The number of amides is 1. The molecule has 0 radical (unpaired) electrons. The summed E-state index contributed by atoms with van der Waals surface area (Å²) in [5, 5.41) is 8.96. The number of nitrogens with one attached hydrogen (secondary N) is 1. The molecular weight excluding hydrogens is 429 g/mol. The first-order chi connectivity index (χ1) is 14.0. The van der Waals surface area contributed by atoms with E-state index in [0.717, 1.165) is 10.9 Å². The molecule has 6 nitrogen and oxygen atoms in total. The molecule has 1 amide bonds. The SMILES string of the molecule is Cn1ncc2c(SC(C(=O)Nc3cc(Cl)cc(Cl)c3)c3ccccc3)ncnc21. The summed E-state index contributed by atoms with van der Waals surface area (Å²) in [6.45, 7) is 0. The fourth-order valence-corrected chi connectivity index (χ4v) is 4.47. The number of aryl methyl sites for hydroxylation is 1. The van der Waals surface area contributed by atoms with E-state index in [9.17, 15) is 4.79 Å². The van der Waals surface area contributed by atoms with Crippen LogP contribution in [0.3, 0.4) is 0 Å². The van der Waals surface area contributed by atoms with Gasteiger partial charge in [0.2, 0.25) is 5.91 Å². The highest BCUT2D eigenvalue weighted by molar-refractivity contribution is 8.00. The number of thioether (sulfide) groups is 1. The summed E-state index contributed by atoms with van der Waals surface area (Å²) >= 11 is 13.5. The van der Waals surface area contributed by atoms with Crippen LogP contribution in [0.15, 0.2) is 66.1 Å². The Morgan fingerprint density at radius 3 is 2.55 bits per heavy atom. The Hall–Kier alpha value is -2.61. The van der Waals surface area contributed by atoms with E-state index in [1.165, 1.54) is 18.1 Å². The number of carbonyl (C=O) groups is 1. The van der Waals surface area contributed by atoms with Gasteiger partial charge < -0.3 is 5.32 Å². The molecule has 1 unspecified atom stereocenters. The van der Waals surface area contributed by atoms with Crippen molar-refractivity contribution in [1.82, 2.24) is 19.7 Å². The number of carbonyl (C=O) groups excluding carboxylic acids is 1. The Morgan fingerprint density at radius 2 is 1.83 bits per heavy atom. The monoisotopic (exact) mass is 443 g/mol. The van der Waals surface area contributed by atoms with Gasteiger partial charge in [-0.25, -0.2) is 9.97 Å². The Balaban J connectivity index is 1.69. The molecule has 2 aromatic carbocycles. The molecule has 0 saturated heterocycles. The van der Waals surface area contributed by atoms with Gasteiger partial charge >= 0.3 is 0 Å². The van der Waals surface area contributed by atoms with Crippen molar-refractivity contribution in [1.29, 1.82) is 0 Å². The maximum Gasteiger partial charge on any atom is 0.242 e. The zero-order chi connectivity index (χ0) is 20.4. The zero-order valence-corrected chi connectivity index (χ0v) is 17.5. The molecule has 29 heavy (non-hydrogen) atoms. The second-order valence-electron chi connectivity index (χ2n) is 6.24. The molecule has 0 saturated carbocycles. The van der Waals surface area contributed by atoms with E-state index < -0.39 is 5.25 Å². The fraction of sp³-hybridized carbons (Fsp3) is 0.100. The molecule has 0 bridgehead atoms. The number of hydrogen-bond acceptors (Lipinski definition) is 5. The van der Waals surface area contributed by atoms with Crippen LogP contribution in [0.2, 0.25) is 10.0 Å². The Morgan fingerprint density at radius 1 is 1.10 bits per heavy atom. The highest BCUT2D eigenvalue weighted by atomic mass is 35.5. The molecule has 2 aromatic heterocycles. The number of benzene rings is 2. The van der Waals surface area contributed by atoms with Crippen molar-refractivity contribution in [3.8, 4) is 0 Å². The lowest BCUT2D eigenvalue weighted by molar-refractivity contribution is -0.115. The highest BCUT2D eigenvalue weighted by Crippen LogP contribution is 2.38. The van der Waals surface area contributed by atoms with Gasteiger partial charge in [0.25, 0.3) is 0 Å². The van der Waals surface area contributed by atoms with Gasteiger partial charge in [-0.05, 0) is 23.8 Å². The van der Waals surface area contributed by atoms with Crippen molar-refractivity contribution in [3.05, 3.63) is 76.7 Å². The van der Waals surface area contributed by atoms with Gasteiger partial charge in [-0.3, -0.25) is 9.48 Å². The Bertz CT molecular complexity index is 1160. The van der Waals surface area contributed by atoms with E-state index in [2.05, 4.69) is 20.4 Å². The van der Waals surface area contributed by atoms with Crippen molar-refractivity contribution >= 4 is 57.6 Å². The summed E-state index contributed by atoms with van der Waals surface area (Å²) in [5.74, 6) is -0.213. The average Bonchev–Trinajstić information content (AvgIpc) is 3.08. The van der Waals surface area contributed by atoms with Crippen LogP contribution in [0.1, 0.15) is 10.8 Å². The maximum absolute atomic E-state index is 13.2. The zero-order valence-electron chi connectivity index (χ0n) is 15.2. The van der Waals surface area contributed by atoms with Gasteiger partial charge in [0.05, 0.1) is 11.6 Å². The number of nitrogens with zero attached hydrogens (tertiary/aromatic N) is 4. The van der Waals surface area contributed by atoms with Gasteiger partial charge in [-0.15, -0.1) is 0 Å². The van der Waals surface area contributed by atoms with Crippen LogP contribution in [0.5, 0.6) is 0 Å². The smallest absolute Gasteiger partial charge is 0.242 e. The molecule has 9 heteroatoms. The minimum atomic E-state index is -0.549. The number of fused-ring (bicyclic) bond motifs is 1. The summed E-state index contributed by atoms with van der Waals surface area (Å²) in [4.78, 5) is 21.8. The summed E-state index contributed by atoms with van der Waals surface area (Å²) in [5.41, 5.74) is 2.08. The standard InChI is InChI=1S/C20H15Cl2N5OS/c1-27-18-16(10-25-27)20(24-11-23-18)29-17(12-5-3-2-4-6-12)19(28)26-15-8-13(21)7-14(22)9-15/h2-11,17H,1H3,(H,26,28). The minimum Gasteiger partial charge on any atom is -0.325 e. The van der Waals surface area contributed by atoms with E-state index in [4.69, 9.17) is 23.2 Å². The Labute approximate surface area is 181 Å². The Kier molecular flexibility index (Phi) is 5.71. The summed E-state index contributed by atoms with van der Waals surface area (Å²) in [7, 11) is 1.81. The first-order valence-electron chi connectivity index (χ1n) is 8.62. The minimum absolute atomic E-state index is 0.213. The van der Waals surface area contributed by atoms with Gasteiger partial charge in [0, 0.05) is 22.8 Å². The predicted octanol–water partition coefficient (Wildman–Crippen LogP) is 5.14. The van der Waals surface area contributed by atoms with E-state index in [1.54, 1.807) is 29.1 Å². The molecule has 0 aliphatic heterocycles. The molecule has 1 N–H and O–H groups in total. The van der Waals surface area contributed by atoms with Crippen LogP contribution in [0.4, 0.5) is 5.69 Å². The van der Waals surface area contributed by atoms with Gasteiger partial charge in [-0.2, -0.15) is 5.10 Å². The molecule has 0 aliphatic rings. The third-order valence-corrected chi connectivity index (χ3v) is 5.90. The topological polar surface area (TPSA) is 72.7 Å². The molecular formula is C20H15Cl2N5OS. The van der Waals surface area contributed by atoms with E-state index in [1.807, 2.05) is 37.4 Å². The van der Waals surface area contributed by atoms with Crippen LogP contribution in [0.25, 0.3) is 11.0 Å². The summed E-state index contributed by atoms with van der Waals surface area (Å²) in [6.07, 6.45) is 3.18. The summed E-state index contributed by atoms with van der Waals surface area (Å²) < 4.78 is 1.67. The quantitative estimate of drug-likeness (QED) is 0.341. The van der Waals surface area contributed by atoms with Crippen LogP contribution < -0.4 is 5.32 Å². The van der Waals surface area contributed by atoms with Crippen LogP contribution in [-0.2, 0) is 11.8 Å². The lowest BCUT2D eigenvalue weighted by Gasteiger charge is -2.17. The molecule has 0 fully saturated rings. The van der Waals surface area contributed by atoms with Crippen LogP contribution >= 0.6 is 35.0 Å². The second kappa shape index (κ2) is 8.41. The fourth-order valence-electron chi connectivity index (χ4n) is 2.88. The van der Waals surface area contributed by atoms with Crippen molar-refractivity contribution in [2.24, 2.45) is 7.05 Å². The predicted molar refractivity (Wildman–Crippen MR) is 116 cm³/mol. The van der Waals surface area contributed by atoms with E-state index >= 15 is 0 Å². The average molecular weight is 444 g/mol. The van der Waals surface area contributed by atoms with E-state index in [-0.39, 0.29) is 5.91 Å². The lowest BCUT2D eigenvalue weighted by Crippen LogP contribution is -2.19. The number of hydrogen-bond donors (Lipinski definition) is 1. The second-order valence-corrected chi connectivity index (χ2v) is 8.21. The first kappa shape index (κ1) is 19.7. The van der Waals surface area contributed by atoms with Crippen molar-refractivity contribution in [2.45, 2.75) is 10.3 Å². The van der Waals surface area contributed by atoms with Crippen molar-refractivity contribution in [2.75, 3.05) is 5.32 Å². The van der Waals surface area contributed by atoms with E-state index in [0.29, 0.717) is 26.4 Å². The molecule has 4 rings (SSSR count). The number of aromatic nitrogens is 4. The molecule has 0 spiro atoms. The largest absolute Gasteiger partial charge is 0.325 e. The van der Waals surface area contributed by atoms with Crippen LogP contribution in [0, 0.1) is 0 Å². The molecule has 0 aliphatic carbocycles. The third-order valence-electron chi connectivity index (χ3n) is 4.19.